The van der Waals surface area contributed by atoms with Gasteiger partial charge in [-0.15, -0.1) is 0 Å². The number of hydrogen-bond acceptors (Lipinski definition) is 4. The van der Waals surface area contributed by atoms with Crippen molar-refractivity contribution >= 4 is 5.91 Å². The molecule has 3 aromatic carbocycles. The molecule has 1 amide bonds. The number of amides is 1. The number of hydrogen-bond donors (Lipinski definition) is 1. The van der Waals surface area contributed by atoms with Crippen molar-refractivity contribution in [2.45, 2.75) is 6.04 Å². The molecular weight excluding hydrogens is 409 g/mol. The van der Waals surface area contributed by atoms with Crippen LogP contribution in [0, 0.1) is 5.82 Å². The van der Waals surface area contributed by atoms with E-state index in [-0.39, 0.29) is 18.3 Å². The van der Waals surface area contributed by atoms with Gasteiger partial charge < -0.3 is 19.4 Å². The zero-order valence-electron chi connectivity index (χ0n) is 17.4. The fourth-order valence-corrected chi connectivity index (χ4v) is 3.19. The van der Waals surface area contributed by atoms with Crippen molar-refractivity contribution in [1.82, 2.24) is 14.9 Å². The highest BCUT2D eigenvalue weighted by Gasteiger charge is 2.21. The fourth-order valence-electron chi connectivity index (χ4n) is 3.19. The van der Waals surface area contributed by atoms with Crippen LogP contribution in [0.25, 0.3) is 0 Å². The number of benzene rings is 3. The summed E-state index contributed by atoms with van der Waals surface area (Å²) in [5.74, 6) is 1.90. The molecule has 1 heterocycles. The molecule has 6 nitrogen and oxygen atoms in total. The van der Waals surface area contributed by atoms with E-state index in [4.69, 9.17) is 9.47 Å². The lowest BCUT2D eigenvalue weighted by molar-refractivity contribution is -0.123. The summed E-state index contributed by atoms with van der Waals surface area (Å²) in [6.45, 7) is -0.180. The summed E-state index contributed by atoms with van der Waals surface area (Å²) in [5.41, 5.74) is 0.719. The van der Waals surface area contributed by atoms with E-state index in [0.717, 1.165) is 11.3 Å². The molecule has 7 heteroatoms. The normalized spacial score (nSPS) is 11.6. The van der Waals surface area contributed by atoms with Gasteiger partial charge in [0.2, 0.25) is 0 Å². The number of rotatable bonds is 8. The summed E-state index contributed by atoms with van der Waals surface area (Å²) in [4.78, 5) is 16.9. The van der Waals surface area contributed by atoms with Crippen LogP contribution in [0.1, 0.15) is 17.4 Å². The fraction of sp³-hybridized carbons (Fsp3) is 0.120. The highest BCUT2D eigenvalue weighted by molar-refractivity contribution is 5.78. The van der Waals surface area contributed by atoms with Crippen molar-refractivity contribution in [2.75, 3.05) is 6.61 Å². The first kappa shape index (κ1) is 21.1. The number of para-hydroxylation sites is 1. The largest absolute Gasteiger partial charge is 0.484 e. The maximum Gasteiger partial charge on any atom is 0.258 e. The van der Waals surface area contributed by atoms with E-state index in [1.165, 1.54) is 12.1 Å². The molecule has 1 aromatic heterocycles. The van der Waals surface area contributed by atoms with Crippen molar-refractivity contribution in [3.05, 3.63) is 108 Å². The maximum absolute atomic E-state index is 13.4. The summed E-state index contributed by atoms with van der Waals surface area (Å²) in [7, 11) is 1.83. The number of nitrogens with zero attached hydrogens (tertiary/aromatic N) is 2. The van der Waals surface area contributed by atoms with Crippen molar-refractivity contribution in [1.29, 1.82) is 0 Å². The molecule has 0 saturated heterocycles. The molecule has 1 atom stereocenters. The first-order chi connectivity index (χ1) is 15.6. The number of imidazole rings is 1. The molecule has 32 heavy (non-hydrogen) atoms. The predicted octanol–water partition coefficient (Wildman–Crippen LogP) is 4.64. The average molecular weight is 431 g/mol. The van der Waals surface area contributed by atoms with Gasteiger partial charge in [0, 0.05) is 19.4 Å². The van der Waals surface area contributed by atoms with Gasteiger partial charge >= 0.3 is 0 Å². The first-order valence-corrected chi connectivity index (χ1v) is 10.1. The molecule has 0 aliphatic carbocycles. The standard InChI is InChI=1S/C25H22FN3O3/c1-29-16-15-27-25(29)24(18-7-9-19(26)10-8-18)28-23(30)17-31-20-11-13-22(14-12-20)32-21-5-3-2-4-6-21/h2-16,24H,17H2,1H3,(H,28,30)/t24-/m0/s1. The molecular formula is C25H22FN3O3. The third kappa shape index (κ3) is 5.31. The Hall–Kier alpha value is -4.13. The van der Waals surface area contributed by atoms with E-state index in [1.54, 1.807) is 53.4 Å². The minimum Gasteiger partial charge on any atom is -0.484 e. The quantitative estimate of drug-likeness (QED) is 0.442. The minimum atomic E-state index is -0.534. The lowest BCUT2D eigenvalue weighted by atomic mass is 10.1. The van der Waals surface area contributed by atoms with Crippen LogP contribution in [0.2, 0.25) is 0 Å². The third-order valence-electron chi connectivity index (χ3n) is 4.80. The lowest BCUT2D eigenvalue weighted by Gasteiger charge is -2.19. The molecule has 0 radical (unpaired) electrons. The van der Waals surface area contributed by atoms with Gasteiger partial charge in [-0.1, -0.05) is 30.3 Å². The van der Waals surface area contributed by atoms with Gasteiger partial charge in [-0.25, -0.2) is 9.37 Å². The van der Waals surface area contributed by atoms with E-state index in [0.29, 0.717) is 17.3 Å². The highest BCUT2D eigenvalue weighted by Crippen LogP contribution is 2.24. The number of ether oxygens (including phenoxy) is 2. The molecule has 0 saturated carbocycles. The Morgan fingerprint density at radius 2 is 1.62 bits per heavy atom. The number of aromatic nitrogens is 2. The number of nitrogens with one attached hydrogen (secondary N) is 1. The number of carbonyl (C=O) groups excluding carboxylic acids is 1. The van der Waals surface area contributed by atoms with Crippen molar-refractivity contribution in [3.8, 4) is 17.2 Å². The number of aryl methyl sites for hydroxylation is 1. The van der Waals surface area contributed by atoms with E-state index >= 15 is 0 Å². The van der Waals surface area contributed by atoms with Crippen molar-refractivity contribution in [2.24, 2.45) is 7.05 Å². The lowest BCUT2D eigenvalue weighted by Crippen LogP contribution is -2.34. The average Bonchev–Trinajstić information content (AvgIpc) is 3.24. The van der Waals surface area contributed by atoms with E-state index in [2.05, 4.69) is 10.3 Å². The maximum atomic E-state index is 13.4. The molecule has 0 aliphatic rings. The van der Waals surface area contributed by atoms with Crippen LogP contribution in [0.4, 0.5) is 4.39 Å². The zero-order valence-corrected chi connectivity index (χ0v) is 17.4. The minimum absolute atomic E-state index is 0.180. The molecule has 4 rings (SSSR count). The smallest absolute Gasteiger partial charge is 0.258 e. The summed E-state index contributed by atoms with van der Waals surface area (Å²) in [5, 5.41) is 2.92. The van der Waals surface area contributed by atoms with Crippen molar-refractivity contribution < 1.29 is 18.7 Å². The molecule has 1 N–H and O–H groups in total. The Morgan fingerprint density at radius 1 is 0.969 bits per heavy atom. The highest BCUT2D eigenvalue weighted by atomic mass is 19.1. The predicted molar refractivity (Wildman–Crippen MR) is 118 cm³/mol. The van der Waals surface area contributed by atoms with Crippen LogP contribution in [-0.2, 0) is 11.8 Å². The molecule has 0 bridgehead atoms. The van der Waals surface area contributed by atoms with Gasteiger partial charge in [-0.2, -0.15) is 0 Å². The third-order valence-corrected chi connectivity index (χ3v) is 4.80. The van der Waals surface area contributed by atoms with E-state index in [9.17, 15) is 9.18 Å². The van der Waals surface area contributed by atoms with E-state index < -0.39 is 6.04 Å². The van der Waals surface area contributed by atoms with Gasteiger partial charge in [-0.3, -0.25) is 4.79 Å². The molecule has 0 unspecified atom stereocenters. The number of halogens is 1. The SMILES string of the molecule is Cn1ccnc1[C@@H](NC(=O)COc1ccc(Oc2ccccc2)cc1)c1ccc(F)cc1. The molecule has 0 fully saturated rings. The molecule has 0 aliphatic heterocycles. The van der Waals surface area contributed by atoms with Gasteiger partial charge in [0.05, 0.1) is 0 Å². The number of carbonyl (C=O) groups is 1. The topological polar surface area (TPSA) is 65.4 Å². The van der Waals surface area contributed by atoms with Crippen molar-refractivity contribution in [3.63, 3.8) is 0 Å². The molecule has 162 valence electrons. The monoisotopic (exact) mass is 431 g/mol. The molecule has 4 aromatic rings. The first-order valence-electron chi connectivity index (χ1n) is 10.1. The van der Waals surface area contributed by atoms with Crippen LogP contribution in [0.3, 0.4) is 0 Å². The summed E-state index contributed by atoms with van der Waals surface area (Å²) < 4.78 is 26.5. The Morgan fingerprint density at radius 3 is 2.28 bits per heavy atom. The Balaban J connectivity index is 1.38. The van der Waals surface area contributed by atoms with Crippen LogP contribution in [-0.4, -0.2) is 22.1 Å². The summed E-state index contributed by atoms with van der Waals surface area (Å²) in [6.07, 6.45) is 3.43. The summed E-state index contributed by atoms with van der Waals surface area (Å²) >= 11 is 0. The van der Waals surface area contributed by atoms with Gasteiger partial charge in [0.25, 0.3) is 5.91 Å². The van der Waals surface area contributed by atoms with Crippen LogP contribution in [0.15, 0.2) is 91.3 Å². The zero-order chi connectivity index (χ0) is 22.3. The van der Waals surface area contributed by atoms with Gasteiger partial charge in [-0.05, 0) is 54.1 Å². The van der Waals surface area contributed by atoms with Crippen LogP contribution < -0.4 is 14.8 Å². The Kier molecular flexibility index (Phi) is 6.46. The second-order valence-electron chi connectivity index (χ2n) is 7.12. The van der Waals surface area contributed by atoms with E-state index in [1.807, 2.05) is 37.4 Å². The van der Waals surface area contributed by atoms with Crippen LogP contribution in [0.5, 0.6) is 17.2 Å². The second-order valence-corrected chi connectivity index (χ2v) is 7.12. The second kappa shape index (κ2) is 9.78. The Labute approximate surface area is 185 Å². The van der Waals surface area contributed by atoms with Crippen LogP contribution >= 0.6 is 0 Å². The summed E-state index contributed by atoms with van der Waals surface area (Å²) in [6, 6.07) is 21.9. The van der Waals surface area contributed by atoms with Gasteiger partial charge in [0.1, 0.15) is 34.9 Å². The van der Waals surface area contributed by atoms with Gasteiger partial charge in [0.15, 0.2) is 6.61 Å². The molecule has 0 spiro atoms. The Bertz CT molecular complexity index is 1160.